The van der Waals surface area contributed by atoms with Gasteiger partial charge in [-0.05, 0) is 50.5 Å². The Morgan fingerprint density at radius 3 is 2.64 bits per heavy atom. The Kier molecular flexibility index (Phi) is 5.38. The van der Waals surface area contributed by atoms with Gasteiger partial charge in [-0.3, -0.25) is 4.98 Å². The fourth-order valence-corrected chi connectivity index (χ4v) is 5.56. The Balaban J connectivity index is 1.45. The van der Waals surface area contributed by atoms with Crippen molar-refractivity contribution in [2.24, 2.45) is 0 Å². The summed E-state index contributed by atoms with van der Waals surface area (Å²) in [6.45, 7) is 2.62. The van der Waals surface area contributed by atoms with Gasteiger partial charge in [-0.2, -0.15) is 0 Å². The van der Waals surface area contributed by atoms with Crippen LogP contribution in [0.5, 0.6) is 0 Å². The number of aromatic nitrogens is 3. The summed E-state index contributed by atoms with van der Waals surface area (Å²) in [5, 5.41) is 3.29. The highest BCUT2D eigenvalue weighted by molar-refractivity contribution is 7.91. The molecule has 1 aliphatic carbocycles. The molecule has 0 aromatic carbocycles. The Hall–Kier alpha value is -2.36. The van der Waals surface area contributed by atoms with E-state index < -0.39 is 10.0 Å². The molecule has 1 aliphatic rings. The highest BCUT2D eigenvalue weighted by Crippen LogP contribution is 2.29. The molecule has 28 heavy (non-hydrogen) atoms. The predicted molar refractivity (Wildman–Crippen MR) is 110 cm³/mol. The first-order valence-electron chi connectivity index (χ1n) is 9.13. The molecule has 0 saturated carbocycles. The minimum Gasteiger partial charge on any atom is -0.368 e. The molecule has 9 heteroatoms. The molecular formula is C19H21N5O2S2. The van der Waals surface area contributed by atoms with Crippen LogP contribution < -0.4 is 10.0 Å². The van der Waals surface area contributed by atoms with E-state index in [2.05, 4.69) is 20.0 Å². The van der Waals surface area contributed by atoms with Gasteiger partial charge in [0.1, 0.15) is 10.0 Å². The fourth-order valence-electron chi connectivity index (χ4n) is 3.20. The number of hydrogen-bond donors (Lipinski definition) is 2. The van der Waals surface area contributed by atoms with Crippen molar-refractivity contribution in [2.45, 2.75) is 30.4 Å². The van der Waals surface area contributed by atoms with Crippen LogP contribution in [0.15, 0.2) is 40.9 Å². The number of rotatable bonds is 7. The van der Waals surface area contributed by atoms with Gasteiger partial charge in [0.2, 0.25) is 10.0 Å². The average Bonchev–Trinajstić information content (AvgIpc) is 3.35. The molecule has 0 unspecified atom stereocenters. The summed E-state index contributed by atoms with van der Waals surface area (Å²) < 4.78 is 27.6. The number of sulfonamides is 1. The molecule has 3 aromatic heterocycles. The van der Waals surface area contributed by atoms with Crippen molar-refractivity contribution in [1.29, 1.82) is 0 Å². The van der Waals surface area contributed by atoms with E-state index in [1.54, 1.807) is 18.5 Å². The molecule has 0 spiro atoms. The van der Waals surface area contributed by atoms with Gasteiger partial charge in [0.05, 0.1) is 0 Å². The summed E-state index contributed by atoms with van der Waals surface area (Å²) >= 11 is 1.27. The summed E-state index contributed by atoms with van der Waals surface area (Å²) in [7, 11) is -3.47. The molecule has 0 amide bonds. The largest absolute Gasteiger partial charge is 0.368 e. The lowest BCUT2D eigenvalue weighted by Gasteiger charge is -2.12. The highest BCUT2D eigenvalue weighted by Gasteiger charge is 2.20. The molecule has 3 heterocycles. The van der Waals surface area contributed by atoms with Crippen molar-refractivity contribution in [3.63, 3.8) is 0 Å². The van der Waals surface area contributed by atoms with Gasteiger partial charge in [0.25, 0.3) is 0 Å². The first-order valence-corrected chi connectivity index (χ1v) is 11.4. The van der Waals surface area contributed by atoms with Crippen LogP contribution in [0.3, 0.4) is 0 Å². The number of nitrogens with one attached hydrogen (secondary N) is 2. The van der Waals surface area contributed by atoms with Gasteiger partial charge in [-0.1, -0.05) is 0 Å². The second kappa shape index (κ2) is 7.94. The van der Waals surface area contributed by atoms with Crippen molar-refractivity contribution >= 4 is 27.2 Å². The lowest BCUT2D eigenvalue weighted by molar-refractivity contribution is 0.585. The number of nitrogens with zero attached hydrogens (tertiary/aromatic N) is 3. The monoisotopic (exact) mass is 415 g/mol. The summed E-state index contributed by atoms with van der Waals surface area (Å²) in [6, 6.07) is 7.21. The van der Waals surface area contributed by atoms with Crippen LogP contribution in [0, 0.1) is 6.92 Å². The van der Waals surface area contributed by atoms with Gasteiger partial charge in [-0.15, -0.1) is 11.3 Å². The number of pyridine rings is 1. The Morgan fingerprint density at radius 2 is 1.89 bits per heavy atom. The third kappa shape index (κ3) is 4.06. The first-order chi connectivity index (χ1) is 13.5. The molecular weight excluding hydrogens is 394 g/mol. The van der Waals surface area contributed by atoms with Gasteiger partial charge in [0, 0.05) is 47.2 Å². The van der Waals surface area contributed by atoms with E-state index in [-0.39, 0.29) is 6.54 Å². The minimum absolute atomic E-state index is 0.280. The quantitative estimate of drug-likeness (QED) is 0.576. The Morgan fingerprint density at radius 1 is 1.07 bits per heavy atom. The molecule has 3 aromatic rings. The third-order valence-corrected chi connectivity index (χ3v) is 7.52. The number of hydrogen-bond acceptors (Lipinski definition) is 7. The molecule has 146 valence electrons. The lowest BCUT2D eigenvalue weighted by Crippen LogP contribution is -2.28. The van der Waals surface area contributed by atoms with Crippen LogP contribution in [0.25, 0.3) is 11.4 Å². The lowest BCUT2D eigenvalue weighted by atomic mass is 10.2. The van der Waals surface area contributed by atoms with Crippen LogP contribution in [0.4, 0.5) is 5.82 Å². The summed E-state index contributed by atoms with van der Waals surface area (Å²) in [6.07, 6.45) is 6.38. The number of anilines is 1. The van der Waals surface area contributed by atoms with Crippen LogP contribution in [0.2, 0.25) is 0 Å². The molecule has 0 bridgehead atoms. The third-order valence-electron chi connectivity index (χ3n) is 4.56. The van der Waals surface area contributed by atoms with Crippen LogP contribution >= 0.6 is 11.3 Å². The number of fused-ring (bicyclic) bond motifs is 1. The number of aryl methyl sites for hydroxylation is 2. The van der Waals surface area contributed by atoms with Crippen LogP contribution in [-0.4, -0.2) is 36.5 Å². The van der Waals surface area contributed by atoms with Gasteiger partial charge in [-0.25, -0.2) is 23.1 Å². The van der Waals surface area contributed by atoms with Gasteiger partial charge in [0.15, 0.2) is 5.82 Å². The van der Waals surface area contributed by atoms with E-state index in [1.807, 2.05) is 25.1 Å². The van der Waals surface area contributed by atoms with Gasteiger partial charge < -0.3 is 5.32 Å². The molecule has 0 aliphatic heterocycles. The van der Waals surface area contributed by atoms with E-state index in [9.17, 15) is 8.42 Å². The van der Waals surface area contributed by atoms with E-state index in [0.29, 0.717) is 16.6 Å². The van der Waals surface area contributed by atoms with Crippen molar-refractivity contribution in [3.8, 4) is 11.4 Å². The second-order valence-corrected chi connectivity index (χ2v) is 9.88. The predicted octanol–water partition coefficient (Wildman–Crippen LogP) is 2.79. The normalized spacial score (nSPS) is 13.5. The maximum absolute atomic E-state index is 12.3. The summed E-state index contributed by atoms with van der Waals surface area (Å²) in [5.74, 6) is 1.46. The fraction of sp³-hybridized carbons (Fsp3) is 0.316. The topological polar surface area (TPSA) is 96.9 Å². The maximum atomic E-state index is 12.3. The smallest absolute Gasteiger partial charge is 0.250 e. The van der Waals surface area contributed by atoms with Crippen LogP contribution in [-0.2, 0) is 22.9 Å². The minimum atomic E-state index is -3.47. The molecule has 0 saturated heterocycles. The molecule has 0 atom stereocenters. The molecule has 2 N–H and O–H groups in total. The second-order valence-electron chi connectivity index (χ2n) is 6.60. The zero-order valence-corrected chi connectivity index (χ0v) is 17.1. The highest BCUT2D eigenvalue weighted by atomic mass is 32.2. The van der Waals surface area contributed by atoms with E-state index in [4.69, 9.17) is 4.98 Å². The summed E-state index contributed by atoms with van der Waals surface area (Å²) in [5.41, 5.74) is 3.12. The van der Waals surface area contributed by atoms with Crippen molar-refractivity contribution in [2.75, 3.05) is 18.4 Å². The molecule has 0 fully saturated rings. The van der Waals surface area contributed by atoms with Crippen LogP contribution in [0.1, 0.15) is 22.6 Å². The zero-order valence-electron chi connectivity index (χ0n) is 15.5. The number of thiophene rings is 1. The standard InChI is InChI=1S/C19H21N5O2S2/c1-13-5-6-17(27-13)28(25,26)22-12-11-21-19-15-3-2-4-16(15)23-18(24-19)14-7-9-20-10-8-14/h5-10,22H,2-4,11-12H2,1H3,(H,21,23,24). The first kappa shape index (κ1) is 19.0. The zero-order chi connectivity index (χ0) is 19.6. The molecule has 7 nitrogen and oxygen atoms in total. The SMILES string of the molecule is Cc1ccc(S(=O)(=O)NCCNc2nc(-c3ccncc3)nc3c2CCC3)s1. The Labute approximate surface area is 168 Å². The van der Waals surface area contributed by atoms with Crippen molar-refractivity contribution < 1.29 is 8.42 Å². The van der Waals surface area contributed by atoms with E-state index in [0.717, 1.165) is 46.8 Å². The Bertz CT molecular complexity index is 1080. The van der Waals surface area contributed by atoms with Gasteiger partial charge >= 0.3 is 0 Å². The van der Waals surface area contributed by atoms with Crippen molar-refractivity contribution in [3.05, 3.63) is 52.8 Å². The molecule has 0 radical (unpaired) electrons. The maximum Gasteiger partial charge on any atom is 0.250 e. The average molecular weight is 416 g/mol. The van der Waals surface area contributed by atoms with E-state index in [1.165, 1.54) is 11.3 Å². The van der Waals surface area contributed by atoms with E-state index >= 15 is 0 Å². The summed E-state index contributed by atoms with van der Waals surface area (Å²) in [4.78, 5) is 14.4. The molecule has 4 rings (SSSR count). The van der Waals surface area contributed by atoms with Crippen molar-refractivity contribution in [1.82, 2.24) is 19.7 Å².